The number of carboxylic acid groups (broad SMARTS) is 1. The minimum absolute atomic E-state index is 0.0832. The smallest absolute Gasteiger partial charge is 0.326 e. The van der Waals surface area contributed by atoms with Gasteiger partial charge < -0.3 is 10.4 Å². The molecule has 0 saturated carbocycles. The lowest BCUT2D eigenvalue weighted by molar-refractivity contribution is -0.384. The van der Waals surface area contributed by atoms with Crippen LogP contribution < -0.4 is 10.7 Å². The molecule has 1 aromatic heterocycles. The van der Waals surface area contributed by atoms with Crippen LogP contribution in [0.4, 0.5) is 5.69 Å². The molecule has 2 aromatic rings. The molecule has 0 aliphatic carbocycles. The van der Waals surface area contributed by atoms with Crippen LogP contribution in [-0.4, -0.2) is 37.7 Å². The number of aryl methyl sites for hydroxylation is 1. The zero-order valence-electron chi connectivity index (χ0n) is 15.4. The van der Waals surface area contributed by atoms with Gasteiger partial charge in [-0.2, -0.15) is 5.10 Å². The molecule has 1 unspecified atom stereocenters. The standard InChI is InChI=1S/C18H20N4O6/c1-3-4-7-12(18(25)26)19-17(24)16-15(23)10-11(2)21(20-16)13-8-5-6-9-14(13)22(27)28/h5-6,8-10,12H,3-4,7H2,1-2H3,(H,19,24)(H,25,26). The number of carboxylic acids is 1. The first-order valence-corrected chi connectivity index (χ1v) is 8.64. The van der Waals surface area contributed by atoms with E-state index in [1.807, 2.05) is 6.92 Å². The lowest BCUT2D eigenvalue weighted by atomic mass is 10.1. The monoisotopic (exact) mass is 388 g/mol. The maximum Gasteiger partial charge on any atom is 0.326 e. The van der Waals surface area contributed by atoms with E-state index in [4.69, 9.17) is 0 Å². The van der Waals surface area contributed by atoms with E-state index in [1.165, 1.54) is 25.1 Å². The fraction of sp³-hybridized carbons (Fsp3) is 0.333. The van der Waals surface area contributed by atoms with E-state index in [2.05, 4.69) is 10.4 Å². The van der Waals surface area contributed by atoms with E-state index in [0.717, 1.165) is 17.2 Å². The number of aliphatic carboxylic acids is 1. The number of para-hydroxylation sites is 2. The summed E-state index contributed by atoms with van der Waals surface area (Å²) in [6.45, 7) is 3.40. The molecule has 0 fully saturated rings. The number of rotatable bonds is 8. The van der Waals surface area contributed by atoms with Crippen LogP contribution in [0.2, 0.25) is 0 Å². The Morgan fingerprint density at radius 1 is 1.36 bits per heavy atom. The van der Waals surface area contributed by atoms with Gasteiger partial charge in [0.2, 0.25) is 5.43 Å². The fourth-order valence-electron chi connectivity index (χ4n) is 2.64. The Kier molecular flexibility index (Phi) is 6.59. The first-order valence-electron chi connectivity index (χ1n) is 8.64. The second-order valence-electron chi connectivity index (χ2n) is 6.16. The number of nitrogens with one attached hydrogen (secondary N) is 1. The molecule has 0 bridgehead atoms. The summed E-state index contributed by atoms with van der Waals surface area (Å²) < 4.78 is 1.12. The van der Waals surface area contributed by atoms with Gasteiger partial charge in [-0.1, -0.05) is 31.9 Å². The molecule has 2 N–H and O–H groups in total. The van der Waals surface area contributed by atoms with E-state index in [9.17, 15) is 29.6 Å². The summed E-state index contributed by atoms with van der Waals surface area (Å²) in [7, 11) is 0. The van der Waals surface area contributed by atoms with Crippen molar-refractivity contribution in [2.75, 3.05) is 0 Å². The quantitative estimate of drug-likeness (QED) is 0.518. The van der Waals surface area contributed by atoms with Gasteiger partial charge in [-0.3, -0.25) is 19.7 Å². The minimum atomic E-state index is -1.21. The molecular weight excluding hydrogens is 368 g/mol. The molecule has 1 amide bonds. The van der Waals surface area contributed by atoms with Crippen LogP contribution in [0, 0.1) is 17.0 Å². The van der Waals surface area contributed by atoms with Crippen LogP contribution >= 0.6 is 0 Å². The Bertz CT molecular complexity index is 969. The van der Waals surface area contributed by atoms with Crippen LogP contribution in [-0.2, 0) is 4.79 Å². The fourth-order valence-corrected chi connectivity index (χ4v) is 2.64. The highest BCUT2D eigenvalue weighted by atomic mass is 16.6. The topological polar surface area (TPSA) is 144 Å². The molecule has 10 heteroatoms. The number of unbranched alkanes of at least 4 members (excludes halogenated alkanes) is 1. The summed E-state index contributed by atoms with van der Waals surface area (Å²) in [6, 6.07) is 5.73. The molecule has 10 nitrogen and oxygen atoms in total. The number of aromatic nitrogens is 2. The van der Waals surface area contributed by atoms with Crippen LogP contribution in [0.5, 0.6) is 0 Å². The second-order valence-corrected chi connectivity index (χ2v) is 6.16. The van der Waals surface area contributed by atoms with Crippen molar-refractivity contribution in [3.05, 3.63) is 62.1 Å². The van der Waals surface area contributed by atoms with Gasteiger partial charge in [0, 0.05) is 17.8 Å². The summed E-state index contributed by atoms with van der Waals surface area (Å²) in [6.07, 6.45) is 1.54. The molecule has 1 aromatic carbocycles. The third-order valence-electron chi connectivity index (χ3n) is 4.08. The normalized spacial score (nSPS) is 11.6. The van der Waals surface area contributed by atoms with Gasteiger partial charge in [-0.05, 0) is 19.4 Å². The van der Waals surface area contributed by atoms with Crippen molar-refractivity contribution in [2.45, 2.75) is 39.2 Å². The average Bonchev–Trinajstić information content (AvgIpc) is 2.64. The summed E-state index contributed by atoms with van der Waals surface area (Å²) in [5.74, 6) is -2.16. The third-order valence-corrected chi connectivity index (χ3v) is 4.08. The van der Waals surface area contributed by atoms with E-state index in [0.29, 0.717) is 6.42 Å². The van der Waals surface area contributed by atoms with Gasteiger partial charge >= 0.3 is 5.97 Å². The highest BCUT2D eigenvalue weighted by Crippen LogP contribution is 2.22. The zero-order chi connectivity index (χ0) is 20.8. The molecule has 1 heterocycles. The molecule has 0 aliphatic heterocycles. The molecule has 0 spiro atoms. The number of carbonyl (C=O) groups excluding carboxylic acids is 1. The van der Waals surface area contributed by atoms with Crippen molar-refractivity contribution < 1.29 is 19.6 Å². The predicted molar refractivity (Wildman–Crippen MR) is 99.6 cm³/mol. The van der Waals surface area contributed by atoms with Gasteiger partial charge in [0.1, 0.15) is 11.7 Å². The van der Waals surface area contributed by atoms with Gasteiger partial charge in [0.05, 0.1) is 4.92 Å². The summed E-state index contributed by atoms with van der Waals surface area (Å²) in [5.41, 5.74) is -1.12. The lowest BCUT2D eigenvalue weighted by Gasteiger charge is -2.15. The van der Waals surface area contributed by atoms with E-state index < -0.39 is 34.0 Å². The number of nitrogens with zero attached hydrogens (tertiary/aromatic N) is 3. The maximum atomic E-state index is 12.5. The van der Waals surface area contributed by atoms with Crippen molar-refractivity contribution in [3.63, 3.8) is 0 Å². The molecule has 148 valence electrons. The Morgan fingerprint density at radius 2 is 2.04 bits per heavy atom. The Hall–Kier alpha value is -3.56. The molecule has 0 radical (unpaired) electrons. The van der Waals surface area contributed by atoms with Gasteiger partial charge in [0.25, 0.3) is 11.6 Å². The highest BCUT2D eigenvalue weighted by Gasteiger charge is 2.24. The predicted octanol–water partition coefficient (Wildman–Crippen LogP) is 1.82. The number of nitro groups is 1. The first-order chi connectivity index (χ1) is 13.3. The summed E-state index contributed by atoms with van der Waals surface area (Å²) in [4.78, 5) is 46.7. The largest absolute Gasteiger partial charge is 0.480 e. The van der Waals surface area contributed by atoms with E-state index in [-0.39, 0.29) is 23.5 Å². The minimum Gasteiger partial charge on any atom is -0.480 e. The Balaban J connectivity index is 2.46. The molecule has 0 saturated heterocycles. The van der Waals surface area contributed by atoms with Crippen molar-refractivity contribution in [1.29, 1.82) is 0 Å². The zero-order valence-corrected chi connectivity index (χ0v) is 15.4. The SMILES string of the molecule is CCCCC(NC(=O)c1nn(-c2ccccc2[N+](=O)[O-])c(C)cc1=O)C(=O)O. The molecule has 2 rings (SSSR count). The number of amides is 1. The molecule has 0 aliphatic rings. The molecular formula is C18H20N4O6. The van der Waals surface area contributed by atoms with Crippen molar-refractivity contribution in [2.24, 2.45) is 0 Å². The second kappa shape index (κ2) is 8.89. The Labute approximate surface area is 160 Å². The van der Waals surface area contributed by atoms with E-state index >= 15 is 0 Å². The van der Waals surface area contributed by atoms with Gasteiger partial charge in [-0.25, -0.2) is 9.48 Å². The van der Waals surface area contributed by atoms with Gasteiger partial charge in [0.15, 0.2) is 5.69 Å². The average molecular weight is 388 g/mol. The van der Waals surface area contributed by atoms with E-state index in [1.54, 1.807) is 6.07 Å². The van der Waals surface area contributed by atoms with Crippen molar-refractivity contribution in [1.82, 2.24) is 15.1 Å². The number of hydrogen-bond acceptors (Lipinski definition) is 6. The molecule has 1 atom stereocenters. The number of hydrogen-bond donors (Lipinski definition) is 2. The Morgan fingerprint density at radius 3 is 2.64 bits per heavy atom. The number of nitro benzene ring substituents is 1. The third kappa shape index (κ3) is 4.58. The first kappa shape index (κ1) is 20.7. The summed E-state index contributed by atoms with van der Waals surface area (Å²) in [5, 5.41) is 26.8. The lowest BCUT2D eigenvalue weighted by Crippen LogP contribution is -2.43. The van der Waals surface area contributed by atoms with Crippen LogP contribution in [0.15, 0.2) is 35.1 Å². The maximum absolute atomic E-state index is 12.5. The van der Waals surface area contributed by atoms with Crippen molar-refractivity contribution >= 4 is 17.6 Å². The van der Waals surface area contributed by atoms with Crippen LogP contribution in [0.25, 0.3) is 5.69 Å². The number of benzene rings is 1. The van der Waals surface area contributed by atoms with Crippen LogP contribution in [0.3, 0.4) is 0 Å². The molecule has 28 heavy (non-hydrogen) atoms. The van der Waals surface area contributed by atoms with Crippen LogP contribution in [0.1, 0.15) is 42.4 Å². The highest BCUT2D eigenvalue weighted by molar-refractivity contribution is 5.94. The summed E-state index contributed by atoms with van der Waals surface area (Å²) >= 11 is 0. The number of carbonyl (C=O) groups is 2. The van der Waals surface area contributed by atoms with Crippen molar-refractivity contribution in [3.8, 4) is 5.69 Å². The van der Waals surface area contributed by atoms with Gasteiger partial charge in [-0.15, -0.1) is 0 Å².